The van der Waals surface area contributed by atoms with E-state index in [1.54, 1.807) is 13.8 Å². The molecule has 0 aliphatic carbocycles. The summed E-state index contributed by atoms with van der Waals surface area (Å²) in [5, 5.41) is 18.7. The lowest BCUT2D eigenvalue weighted by Gasteiger charge is -2.49. The van der Waals surface area contributed by atoms with E-state index in [0.717, 1.165) is 0 Å². The highest BCUT2D eigenvalue weighted by Gasteiger charge is 2.71. The first kappa shape index (κ1) is 12.7. The van der Waals surface area contributed by atoms with Crippen LogP contribution in [-0.2, 0) is 9.59 Å². The van der Waals surface area contributed by atoms with E-state index >= 15 is 0 Å². The van der Waals surface area contributed by atoms with Crippen LogP contribution < -0.4 is 0 Å². The molecule has 5 nitrogen and oxygen atoms in total. The van der Waals surface area contributed by atoms with Crippen molar-refractivity contribution in [3.63, 3.8) is 0 Å². The van der Waals surface area contributed by atoms with Crippen molar-refractivity contribution in [2.24, 2.45) is 5.92 Å². The van der Waals surface area contributed by atoms with Crippen LogP contribution in [0.3, 0.4) is 0 Å². The summed E-state index contributed by atoms with van der Waals surface area (Å²) >= 11 is 1.46. The van der Waals surface area contributed by atoms with Gasteiger partial charge in [0, 0.05) is 4.75 Å². The van der Waals surface area contributed by atoms with Crippen molar-refractivity contribution >= 4 is 23.6 Å². The van der Waals surface area contributed by atoms with Crippen molar-refractivity contribution in [1.82, 2.24) is 4.90 Å². The molecular formula is C11H17NO4S. The molecule has 2 heterocycles. The van der Waals surface area contributed by atoms with Gasteiger partial charge in [-0.1, -0.05) is 0 Å². The van der Waals surface area contributed by atoms with Crippen LogP contribution in [0.1, 0.15) is 27.7 Å². The number of aliphatic carboxylic acids is 1. The molecule has 1 unspecified atom stereocenters. The van der Waals surface area contributed by atoms with E-state index in [4.69, 9.17) is 0 Å². The summed E-state index contributed by atoms with van der Waals surface area (Å²) in [6.45, 7) is 6.81. The largest absolute Gasteiger partial charge is 0.479 e. The first-order chi connectivity index (χ1) is 7.64. The zero-order valence-electron chi connectivity index (χ0n) is 10.3. The number of aliphatic hydroxyl groups excluding tert-OH is 1. The molecule has 96 valence electrons. The molecule has 2 aliphatic rings. The number of carbonyl (C=O) groups is 2. The van der Waals surface area contributed by atoms with Crippen LogP contribution in [0.15, 0.2) is 0 Å². The molecule has 0 aromatic carbocycles. The number of aliphatic hydroxyl groups is 1. The van der Waals surface area contributed by atoms with Crippen molar-refractivity contribution in [2.45, 2.75) is 49.5 Å². The molecule has 1 amide bonds. The minimum Gasteiger partial charge on any atom is -0.479 e. The van der Waals surface area contributed by atoms with Crippen LogP contribution in [0, 0.1) is 5.92 Å². The van der Waals surface area contributed by atoms with Gasteiger partial charge in [0.25, 0.3) is 0 Å². The standard InChI is InChI=1S/C11H17NO4S/c1-5(13)6-7(14)12-8(6)17-10(2,3)11(12,4)9(15)16/h5-6,8,13H,1-4H3,(H,15,16)/t5?,6-,8-,11+/m1/s1. The van der Waals surface area contributed by atoms with Gasteiger partial charge in [0.05, 0.1) is 17.4 Å². The molecule has 2 rings (SSSR count). The van der Waals surface area contributed by atoms with Gasteiger partial charge < -0.3 is 15.1 Å². The molecule has 0 aromatic heterocycles. The number of carbonyl (C=O) groups excluding carboxylic acids is 1. The normalized spacial score (nSPS) is 40.8. The number of nitrogens with zero attached hydrogens (tertiary/aromatic N) is 1. The molecule has 0 aromatic rings. The maximum Gasteiger partial charge on any atom is 0.330 e. The first-order valence-electron chi connectivity index (χ1n) is 5.57. The number of carboxylic acid groups (broad SMARTS) is 1. The molecule has 2 aliphatic heterocycles. The number of fused-ring (bicyclic) bond motifs is 1. The third kappa shape index (κ3) is 1.31. The highest BCUT2D eigenvalue weighted by atomic mass is 32.2. The molecular weight excluding hydrogens is 242 g/mol. The van der Waals surface area contributed by atoms with Crippen molar-refractivity contribution < 1.29 is 19.8 Å². The Morgan fingerprint density at radius 2 is 2.00 bits per heavy atom. The molecule has 0 spiro atoms. The molecule has 17 heavy (non-hydrogen) atoms. The Morgan fingerprint density at radius 3 is 2.41 bits per heavy atom. The van der Waals surface area contributed by atoms with Crippen LogP contribution in [0.25, 0.3) is 0 Å². The fraction of sp³-hybridized carbons (Fsp3) is 0.818. The van der Waals surface area contributed by atoms with Crippen LogP contribution in [0.2, 0.25) is 0 Å². The minimum absolute atomic E-state index is 0.224. The van der Waals surface area contributed by atoms with Crippen molar-refractivity contribution in [1.29, 1.82) is 0 Å². The smallest absolute Gasteiger partial charge is 0.330 e. The Labute approximate surface area is 104 Å². The average molecular weight is 259 g/mol. The SMILES string of the molecule is CC(O)[C@@H]1C(=O)N2[C@@H]1SC(C)(C)[C@]2(C)C(=O)O. The molecule has 6 heteroatoms. The lowest BCUT2D eigenvalue weighted by Crippen LogP contribution is -2.70. The topological polar surface area (TPSA) is 77.8 Å². The number of rotatable bonds is 2. The number of hydrogen-bond acceptors (Lipinski definition) is 4. The Kier molecular flexibility index (Phi) is 2.53. The van der Waals surface area contributed by atoms with E-state index in [1.807, 2.05) is 13.8 Å². The lowest BCUT2D eigenvalue weighted by atomic mass is 9.80. The number of carboxylic acids is 1. The maximum absolute atomic E-state index is 12.0. The van der Waals surface area contributed by atoms with E-state index in [-0.39, 0.29) is 11.3 Å². The van der Waals surface area contributed by atoms with E-state index in [9.17, 15) is 19.8 Å². The van der Waals surface area contributed by atoms with Gasteiger partial charge in [-0.25, -0.2) is 4.79 Å². The second-order valence-electron chi connectivity index (χ2n) is 5.37. The molecule has 2 fully saturated rings. The van der Waals surface area contributed by atoms with E-state index in [2.05, 4.69) is 0 Å². The molecule has 2 saturated heterocycles. The van der Waals surface area contributed by atoms with Crippen LogP contribution >= 0.6 is 11.8 Å². The van der Waals surface area contributed by atoms with E-state index in [1.165, 1.54) is 16.7 Å². The summed E-state index contributed by atoms with van der Waals surface area (Å²) in [5.74, 6) is -1.72. The predicted molar refractivity (Wildman–Crippen MR) is 63.5 cm³/mol. The fourth-order valence-electron chi connectivity index (χ4n) is 2.60. The van der Waals surface area contributed by atoms with Gasteiger partial charge in [0.15, 0.2) is 5.54 Å². The van der Waals surface area contributed by atoms with Crippen molar-refractivity contribution in [3.05, 3.63) is 0 Å². The third-order valence-corrected chi connectivity index (χ3v) is 5.82. The first-order valence-corrected chi connectivity index (χ1v) is 6.45. The summed E-state index contributed by atoms with van der Waals surface area (Å²) in [7, 11) is 0. The average Bonchev–Trinajstić information content (AvgIpc) is 2.31. The second-order valence-corrected chi connectivity index (χ2v) is 7.11. The lowest BCUT2D eigenvalue weighted by molar-refractivity contribution is -0.177. The molecule has 2 N–H and O–H groups in total. The number of thioether (sulfide) groups is 1. The molecule has 4 atom stereocenters. The van der Waals surface area contributed by atoms with Gasteiger partial charge in [-0.05, 0) is 27.7 Å². The third-order valence-electron chi connectivity index (χ3n) is 4.09. The van der Waals surface area contributed by atoms with Gasteiger partial charge in [-0.3, -0.25) is 4.79 Å². The van der Waals surface area contributed by atoms with Crippen LogP contribution in [0.4, 0.5) is 0 Å². The zero-order chi connectivity index (χ0) is 13.2. The number of β-lactam (4-membered cyclic amide) rings is 1. The predicted octanol–water partition coefficient (Wildman–Crippen LogP) is 0.520. The Bertz CT molecular complexity index is 395. The second kappa shape index (κ2) is 3.38. The number of amides is 1. The molecule has 0 saturated carbocycles. The minimum atomic E-state index is -1.20. The summed E-state index contributed by atoms with van der Waals surface area (Å²) in [6, 6.07) is 0. The summed E-state index contributed by atoms with van der Waals surface area (Å²) < 4.78 is -0.567. The highest BCUT2D eigenvalue weighted by Crippen LogP contribution is 2.59. The summed E-state index contributed by atoms with van der Waals surface area (Å²) in [4.78, 5) is 24.9. The summed E-state index contributed by atoms with van der Waals surface area (Å²) in [6.07, 6.45) is -0.733. The Balaban J connectivity index is 2.40. The Morgan fingerprint density at radius 1 is 1.47 bits per heavy atom. The van der Waals surface area contributed by atoms with E-state index < -0.39 is 28.3 Å². The summed E-state index contributed by atoms with van der Waals surface area (Å²) in [5.41, 5.74) is -1.20. The number of hydrogen-bond donors (Lipinski definition) is 2. The monoisotopic (exact) mass is 259 g/mol. The molecule has 0 bridgehead atoms. The van der Waals surface area contributed by atoms with Gasteiger partial charge in [-0.2, -0.15) is 0 Å². The van der Waals surface area contributed by atoms with Crippen molar-refractivity contribution in [3.8, 4) is 0 Å². The molecule has 0 radical (unpaired) electrons. The van der Waals surface area contributed by atoms with Gasteiger partial charge in [-0.15, -0.1) is 11.8 Å². The fourth-order valence-corrected chi connectivity index (χ4v) is 4.53. The van der Waals surface area contributed by atoms with Gasteiger partial charge >= 0.3 is 5.97 Å². The van der Waals surface area contributed by atoms with Gasteiger partial charge in [0.1, 0.15) is 0 Å². The maximum atomic E-state index is 12.0. The van der Waals surface area contributed by atoms with Gasteiger partial charge in [0.2, 0.25) is 5.91 Å². The Hall–Kier alpha value is -0.750. The van der Waals surface area contributed by atoms with Crippen LogP contribution in [0.5, 0.6) is 0 Å². The zero-order valence-corrected chi connectivity index (χ0v) is 11.1. The quantitative estimate of drug-likeness (QED) is 0.707. The van der Waals surface area contributed by atoms with Crippen molar-refractivity contribution in [2.75, 3.05) is 0 Å². The van der Waals surface area contributed by atoms with Crippen LogP contribution in [-0.4, -0.2) is 48.8 Å². The highest BCUT2D eigenvalue weighted by molar-refractivity contribution is 8.01. The van der Waals surface area contributed by atoms with E-state index in [0.29, 0.717) is 0 Å².